The molecule has 2 atom stereocenters. The largest absolute Gasteiger partial charge is 0.491 e. The van der Waals surface area contributed by atoms with Crippen molar-refractivity contribution < 1.29 is 9.15 Å². The molecule has 2 rings (SSSR count). The summed E-state index contributed by atoms with van der Waals surface area (Å²) >= 11 is 0. The van der Waals surface area contributed by atoms with Crippen molar-refractivity contribution in [1.82, 2.24) is 0 Å². The summed E-state index contributed by atoms with van der Waals surface area (Å²) in [7, 11) is 0. The molecule has 0 amide bonds. The van der Waals surface area contributed by atoms with E-state index >= 15 is 0 Å². The normalized spacial score (nSPS) is 14.3. The van der Waals surface area contributed by atoms with E-state index < -0.39 is 0 Å². The molecule has 0 fully saturated rings. The first-order valence-electron chi connectivity index (χ1n) is 6.79. The van der Waals surface area contributed by atoms with Crippen LogP contribution in [0.15, 0.2) is 39.5 Å². The lowest BCUT2D eigenvalue weighted by Crippen LogP contribution is -2.15. The van der Waals surface area contributed by atoms with Gasteiger partial charge in [0.05, 0.1) is 6.10 Å². The Kier molecular flexibility index (Phi) is 4.25. The minimum Gasteiger partial charge on any atom is -0.491 e. The topological polar surface area (TPSA) is 39.4 Å². The van der Waals surface area contributed by atoms with Gasteiger partial charge in [-0.05, 0) is 37.5 Å². The molecule has 1 aromatic carbocycles. The molecule has 2 unspecified atom stereocenters. The second-order valence-electron chi connectivity index (χ2n) is 5.13. The van der Waals surface area contributed by atoms with E-state index in [0.717, 1.165) is 24.0 Å². The summed E-state index contributed by atoms with van der Waals surface area (Å²) < 4.78 is 11.0. The molecule has 2 aromatic rings. The molecule has 3 nitrogen and oxygen atoms in total. The minimum absolute atomic E-state index is 0.155. The van der Waals surface area contributed by atoms with Gasteiger partial charge in [0, 0.05) is 17.5 Å². The number of ether oxygens (including phenoxy) is 1. The highest BCUT2D eigenvalue weighted by molar-refractivity contribution is 5.77. The van der Waals surface area contributed by atoms with Gasteiger partial charge in [-0.15, -0.1) is 0 Å². The predicted octanol–water partition coefficient (Wildman–Crippen LogP) is 4.00. The maximum absolute atomic E-state index is 11.2. The second kappa shape index (κ2) is 5.91. The average Bonchev–Trinajstić information content (AvgIpc) is 2.37. The number of hydrogen-bond acceptors (Lipinski definition) is 3. The van der Waals surface area contributed by atoms with E-state index in [2.05, 4.69) is 20.8 Å². The van der Waals surface area contributed by atoms with Gasteiger partial charge in [0.15, 0.2) is 0 Å². The molecular formula is C16H20O3. The number of rotatable bonds is 5. The van der Waals surface area contributed by atoms with Crippen LogP contribution in [0.25, 0.3) is 11.0 Å². The molecule has 0 bridgehead atoms. The van der Waals surface area contributed by atoms with Crippen molar-refractivity contribution in [2.75, 3.05) is 0 Å². The highest BCUT2D eigenvalue weighted by Crippen LogP contribution is 2.22. The van der Waals surface area contributed by atoms with Crippen molar-refractivity contribution in [2.24, 2.45) is 5.92 Å². The Morgan fingerprint density at radius 3 is 2.68 bits per heavy atom. The fourth-order valence-corrected chi connectivity index (χ4v) is 2.13. The first kappa shape index (κ1) is 13.7. The summed E-state index contributed by atoms with van der Waals surface area (Å²) in [6.07, 6.45) is 2.33. The highest BCUT2D eigenvalue weighted by atomic mass is 16.5. The summed E-state index contributed by atoms with van der Waals surface area (Å²) in [6.45, 7) is 6.47. The monoisotopic (exact) mass is 260 g/mol. The Morgan fingerprint density at radius 1 is 1.21 bits per heavy atom. The molecule has 1 heterocycles. The van der Waals surface area contributed by atoms with Crippen molar-refractivity contribution in [3.05, 3.63) is 40.8 Å². The fourth-order valence-electron chi connectivity index (χ4n) is 2.13. The van der Waals surface area contributed by atoms with Gasteiger partial charge in [0.25, 0.3) is 0 Å². The predicted molar refractivity (Wildman–Crippen MR) is 76.6 cm³/mol. The SMILES string of the molecule is CCC(C)CC(C)Oc1ccc2ccc(=O)oc2c1. The van der Waals surface area contributed by atoms with E-state index in [1.807, 2.05) is 12.1 Å². The van der Waals surface area contributed by atoms with Crippen LogP contribution in [0.5, 0.6) is 5.75 Å². The summed E-state index contributed by atoms with van der Waals surface area (Å²) in [6, 6.07) is 8.78. The van der Waals surface area contributed by atoms with E-state index in [9.17, 15) is 4.79 Å². The summed E-state index contributed by atoms with van der Waals surface area (Å²) in [5.41, 5.74) is 0.234. The van der Waals surface area contributed by atoms with Gasteiger partial charge in [0.2, 0.25) is 0 Å². The third-order valence-corrected chi connectivity index (χ3v) is 3.36. The third kappa shape index (κ3) is 3.60. The molecule has 0 spiro atoms. The van der Waals surface area contributed by atoms with E-state index in [0.29, 0.717) is 11.5 Å². The molecule has 0 N–H and O–H groups in total. The van der Waals surface area contributed by atoms with Crippen molar-refractivity contribution in [3.8, 4) is 5.75 Å². The second-order valence-corrected chi connectivity index (χ2v) is 5.13. The molecule has 0 saturated carbocycles. The molecule has 1 aromatic heterocycles. The quantitative estimate of drug-likeness (QED) is 0.763. The van der Waals surface area contributed by atoms with Gasteiger partial charge in [0.1, 0.15) is 11.3 Å². The van der Waals surface area contributed by atoms with Crippen LogP contribution in [0.3, 0.4) is 0 Å². The minimum atomic E-state index is -0.336. The van der Waals surface area contributed by atoms with Crippen LogP contribution >= 0.6 is 0 Å². The lowest BCUT2D eigenvalue weighted by atomic mass is 10.0. The first-order chi connectivity index (χ1) is 9.08. The number of benzene rings is 1. The molecule has 0 aliphatic heterocycles. The highest BCUT2D eigenvalue weighted by Gasteiger charge is 2.09. The first-order valence-corrected chi connectivity index (χ1v) is 6.79. The van der Waals surface area contributed by atoms with Crippen LogP contribution < -0.4 is 10.4 Å². The van der Waals surface area contributed by atoms with Gasteiger partial charge in [-0.3, -0.25) is 0 Å². The zero-order chi connectivity index (χ0) is 13.8. The molecule has 0 aliphatic rings. The zero-order valence-corrected chi connectivity index (χ0v) is 11.7. The van der Waals surface area contributed by atoms with Crippen molar-refractivity contribution in [3.63, 3.8) is 0 Å². The van der Waals surface area contributed by atoms with Crippen LogP contribution in [0.1, 0.15) is 33.6 Å². The van der Waals surface area contributed by atoms with Crippen LogP contribution in [-0.4, -0.2) is 6.10 Å². The fraction of sp³-hybridized carbons (Fsp3) is 0.438. The smallest absolute Gasteiger partial charge is 0.336 e. The van der Waals surface area contributed by atoms with E-state index in [1.54, 1.807) is 12.1 Å². The molecule has 102 valence electrons. The van der Waals surface area contributed by atoms with E-state index in [-0.39, 0.29) is 11.7 Å². The van der Waals surface area contributed by atoms with Gasteiger partial charge in [-0.25, -0.2) is 4.79 Å². The Hall–Kier alpha value is -1.77. The standard InChI is InChI=1S/C16H20O3/c1-4-11(2)9-12(3)18-14-7-5-13-6-8-16(17)19-15(13)10-14/h5-8,10-12H,4,9H2,1-3H3. The molecular weight excluding hydrogens is 240 g/mol. The van der Waals surface area contributed by atoms with Crippen molar-refractivity contribution in [2.45, 2.75) is 39.7 Å². The molecule has 19 heavy (non-hydrogen) atoms. The van der Waals surface area contributed by atoms with Crippen LogP contribution in [-0.2, 0) is 0 Å². The van der Waals surface area contributed by atoms with Crippen molar-refractivity contribution >= 4 is 11.0 Å². The number of hydrogen-bond donors (Lipinski definition) is 0. The summed E-state index contributed by atoms with van der Waals surface area (Å²) in [5.74, 6) is 1.39. The summed E-state index contributed by atoms with van der Waals surface area (Å²) in [4.78, 5) is 11.2. The van der Waals surface area contributed by atoms with E-state index in [1.165, 1.54) is 6.07 Å². The Bertz CT molecular complexity index is 600. The molecule has 0 saturated heterocycles. The number of fused-ring (bicyclic) bond motifs is 1. The van der Waals surface area contributed by atoms with Gasteiger partial charge in [-0.2, -0.15) is 0 Å². The maximum atomic E-state index is 11.2. The van der Waals surface area contributed by atoms with Gasteiger partial charge < -0.3 is 9.15 Å². The van der Waals surface area contributed by atoms with Crippen molar-refractivity contribution in [1.29, 1.82) is 0 Å². The zero-order valence-electron chi connectivity index (χ0n) is 11.7. The lowest BCUT2D eigenvalue weighted by Gasteiger charge is -2.18. The van der Waals surface area contributed by atoms with Gasteiger partial charge in [-0.1, -0.05) is 20.3 Å². The third-order valence-electron chi connectivity index (χ3n) is 3.36. The Labute approximate surface area is 113 Å². The Morgan fingerprint density at radius 2 is 1.95 bits per heavy atom. The van der Waals surface area contributed by atoms with E-state index in [4.69, 9.17) is 9.15 Å². The van der Waals surface area contributed by atoms with Crippen LogP contribution in [0.2, 0.25) is 0 Å². The van der Waals surface area contributed by atoms with Crippen LogP contribution in [0, 0.1) is 5.92 Å². The molecule has 0 radical (unpaired) electrons. The Balaban J connectivity index is 2.14. The van der Waals surface area contributed by atoms with Crippen LogP contribution in [0.4, 0.5) is 0 Å². The lowest BCUT2D eigenvalue weighted by molar-refractivity contribution is 0.188. The summed E-state index contributed by atoms with van der Waals surface area (Å²) in [5, 5.41) is 0.904. The molecule has 3 heteroatoms. The molecule has 0 aliphatic carbocycles. The van der Waals surface area contributed by atoms with Gasteiger partial charge >= 0.3 is 5.63 Å². The average molecular weight is 260 g/mol. The maximum Gasteiger partial charge on any atom is 0.336 e.